The van der Waals surface area contributed by atoms with E-state index in [1.54, 1.807) is 12.0 Å². The third-order valence-corrected chi connectivity index (χ3v) is 6.44. The van der Waals surface area contributed by atoms with Gasteiger partial charge in [-0.05, 0) is 37.1 Å². The number of carbonyl (C=O) groups excluding carboxylic acids is 2. The Hall–Kier alpha value is -3.28. The van der Waals surface area contributed by atoms with Gasteiger partial charge in [0.25, 0.3) is 5.91 Å². The molecule has 1 unspecified atom stereocenters. The summed E-state index contributed by atoms with van der Waals surface area (Å²) in [6, 6.07) is 16.9. The molecule has 1 atom stereocenters. The first-order valence-electron chi connectivity index (χ1n) is 10.6. The molecule has 0 spiro atoms. The van der Waals surface area contributed by atoms with E-state index in [0.717, 1.165) is 22.6 Å². The number of hydrogen-bond acceptors (Lipinski definition) is 4. The van der Waals surface area contributed by atoms with E-state index in [-0.39, 0.29) is 11.8 Å². The molecular formula is C25H29N3O3. The number of hydrogen-bond donors (Lipinski definition) is 1. The third kappa shape index (κ3) is 3.67. The lowest BCUT2D eigenvalue weighted by atomic mass is 9.92. The maximum atomic E-state index is 13.5. The Balaban J connectivity index is 1.80. The summed E-state index contributed by atoms with van der Waals surface area (Å²) >= 11 is 0. The summed E-state index contributed by atoms with van der Waals surface area (Å²) in [4.78, 5) is 30.5. The highest BCUT2D eigenvalue weighted by Gasteiger charge is 2.49. The van der Waals surface area contributed by atoms with Crippen molar-refractivity contribution in [2.45, 2.75) is 31.8 Å². The quantitative estimate of drug-likeness (QED) is 0.828. The van der Waals surface area contributed by atoms with E-state index >= 15 is 0 Å². The van der Waals surface area contributed by atoms with Gasteiger partial charge in [-0.2, -0.15) is 0 Å². The second-order valence-electron chi connectivity index (χ2n) is 8.56. The number of methoxy groups -OCH3 is 1. The van der Waals surface area contributed by atoms with Crippen LogP contribution in [0, 0.1) is 0 Å². The molecule has 31 heavy (non-hydrogen) atoms. The second-order valence-corrected chi connectivity index (χ2v) is 8.56. The van der Waals surface area contributed by atoms with Gasteiger partial charge in [0.15, 0.2) is 0 Å². The highest BCUT2D eigenvalue weighted by atomic mass is 16.5. The zero-order chi connectivity index (χ0) is 22.2. The van der Waals surface area contributed by atoms with Crippen molar-refractivity contribution in [1.82, 2.24) is 15.1 Å². The summed E-state index contributed by atoms with van der Waals surface area (Å²) in [5, 5.41) is 3.46. The topological polar surface area (TPSA) is 61.9 Å². The number of nitrogens with zero attached hydrogens (tertiary/aromatic N) is 2. The van der Waals surface area contributed by atoms with Gasteiger partial charge in [0.1, 0.15) is 5.75 Å². The Labute approximate surface area is 183 Å². The Bertz CT molecular complexity index is 1010. The van der Waals surface area contributed by atoms with E-state index in [2.05, 4.69) is 5.32 Å². The largest absolute Gasteiger partial charge is 0.497 e. The summed E-state index contributed by atoms with van der Waals surface area (Å²) < 4.78 is 5.31. The number of rotatable bonds is 4. The minimum absolute atomic E-state index is 0.00253. The van der Waals surface area contributed by atoms with Crippen molar-refractivity contribution < 1.29 is 14.3 Å². The molecule has 0 saturated carbocycles. The molecular weight excluding hydrogens is 390 g/mol. The Morgan fingerprint density at radius 1 is 1.13 bits per heavy atom. The molecule has 0 bridgehead atoms. The van der Waals surface area contributed by atoms with E-state index in [0.29, 0.717) is 25.1 Å². The van der Waals surface area contributed by atoms with Gasteiger partial charge in [0, 0.05) is 25.8 Å². The van der Waals surface area contributed by atoms with Crippen molar-refractivity contribution in [2.24, 2.45) is 0 Å². The molecule has 162 valence electrons. The molecule has 6 heteroatoms. The smallest absolute Gasteiger partial charge is 0.254 e. The van der Waals surface area contributed by atoms with Crippen molar-refractivity contribution >= 4 is 11.8 Å². The van der Waals surface area contributed by atoms with Gasteiger partial charge in [0.05, 0.1) is 30.7 Å². The van der Waals surface area contributed by atoms with Crippen molar-refractivity contribution in [3.63, 3.8) is 0 Å². The number of benzene rings is 2. The van der Waals surface area contributed by atoms with Crippen LogP contribution in [0.25, 0.3) is 0 Å². The van der Waals surface area contributed by atoms with E-state index in [1.165, 1.54) is 0 Å². The molecule has 4 rings (SSSR count). The molecule has 2 aliphatic heterocycles. The molecule has 2 aromatic rings. The first-order valence-corrected chi connectivity index (χ1v) is 10.6. The van der Waals surface area contributed by atoms with E-state index in [4.69, 9.17) is 4.74 Å². The van der Waals surface area contributed by atoms with Crippen molar-refractivity contribution in [2.75, 3.05) is 27.2 Å². The molecule has 0 saturated heterocycles. The van der Waals surface area contributed by atoms with Crippen molar-refractivity contribution in [3.8, 4) is 5.75 Å². The van der Waals surface area contributed by atoms with Crippen LogP contribution in [0.3, 0.4) is 0 Å². The Morgan fingerprint density at radius 2 is 1.81 bits per heavy atom. The normalized spacial score (nSPS) is 20.3. The van der Waals surface area contributed by atoms with Crippen LogP contribution in [-0.2, 0) is 16.0 Å². The highest BCUT2D eigenvalue weighted by Crippen LogP contribution is 2.42. The summed E-state index contributed by atoms with van der Waals surface area (Å²) in [6.45, 7) is 5.18. The van der Waals surface area contributed by atoms with Crippen LogP contribution in [0.5, 0.6) is 5.75 Å². The third-order valence-electron chi connectivity index (χ3n) is 6.44. The zero-order valence-electron chi connectivity index (χ0n) is 18.5. The number of ether oxygens (including phenoxy) is 1. The lowest BCUT2D eigenvalue weighted by Gasteiger charge is -2.33. The lowest BCUT2D eigenvalue weighted by Crippen LogP contribution is -2.46. The number of likely N-dealkylation sites (N-methyl/N-ethyl adjacent to an activating group) is 1. The first kappa shape index (κ1) is 21.0. The van der Waals surface area contributed by atoms with Crippen molar-refractivity contribution in [3.05, 3.63) is 77.0 Å². The molecule has 2 amide bonds. The minimum atomic E-state index is -0.463. The fourth-order valence-electron chi connectivity index (χ4n) is 4.46. The summed E-state index contributed by atoms with van der Waals surface area (Å²) in [5.41, 5.74) is 2.95. The van der Waals surface area contributed by atoms with E-state index in [1.807, 2.05) is 80.4 Å². The van der Waals surface area contributed by atoms with Crippen molar-refractivity contribution in [1.29, 1.82) is 0 Å². The van der Waals surface area contributed by atoms with Crippen LogP contribution in [-0.4, -0.2) is 54.4 Å². The number of amides is 2. The maximum Gasteiger partial charge on any atom is 0.254 e. The predicted molar refractivity (Wildman–Crippen MR) is 119 cm³/mol. The minimum Gasteiger partial charge on any atom is -0.497 e. The Kier molecular flexibility index (Phi) is 5.48. The molecule has 1 N–H and O–H groups in total. The summed E-state index contributed by atoms with van der Waals surface area (Å²) in [5.74, 6) is 0.692. The lowest BCUT2D eigenvalue weighted by molar-refractivity contribution is -0.133. The molecule has 2 aliphatic rings. The van der Waals surface area contributed by atoms with Crippen LogP contribution in [0.2, 0.25) is 0 Å². The number of nitrogens with one attached hydrogen (secondary N) is 1. The zero-order valence-corrected chi connectivity index (χ0v) is 18.5. The van der Waals surface area contributed by atoms with Crippen LogP contribution < -0.4 is 10.1 Å². The molecule has 0 radical (unpaired) electrons. The molecule has 0 aromatic heterocycles. The first-order chi connectivity index (χ1) is 14.8. The Morgan fingerprint density at radius 3 is 2.45 bits per heavy atom. The molecule has 2 heterocycles. The maximum absolute atomic E-state index is 13.5. The fourth-order valence-corrected chi connectivity index (χ4v) is 4.46. The van der Waals surface area contributed by atoms with Crippen LogP contribution in [0.4, 0.5) is 0 Å². The van der Waals surface area contributed by atoms with Gasteiger partial charge in [-0.15, -0.1) is 0 Å². The SMILES string of the molecule is COc1ccc(C2C3=C(NCCN2C(=O)Cc2ccccc2)C(C)(C)N(C)C3=O)cc1. The second kappa shape index (κ2) is 8.10. The van der Waals surface area contributed by atoms with Crippen LogP contribution in [0.1, 0.15) is 31.0 Å². The van der Waals surface area contributed by atoms with Gasteiger partial charge < -0.3 is 19.9 Å². The number of carbonyl (C=O) groups is 2. The molecule has 6 nitrogen and oxygen atoms in total. The fraction of sp³-hybridized carbons (Fsp3) is 0.360. The molecule has 0 fully saturated rings. The van der Waals surface area contributed by atoms with Crippen LogP contribution >= 0.6 is 0 Å². The molecule has 0 aliphatic carbocycles. The standard InChI is InChI=1S/C25H29N3O3/c1-25(2)23-21(24(30)27(25)3)22(18-10-12-19(31-4)13-11-18)28(15-14-26-23)20(29)16-17-8-6-5-7-9-17/h5-13,22,26H,14-16H2,1-4H3. The van der Waals surface area contributed by atoms with Gasteiger partial charge in [0.2, 0.25) is 5.91 Å². The highest BCUT2D eigenvalue weighted by molar-refractivity contribution is 6.00. The average molecular weight is 420 g/mol. The summed E-state index contributed by atoms with van der Waals surface area (Å²) in [6.07, 6.45) is 0.295. The van der Waals surface area contributed by atoms with Gasteiger partial charge in [-0.1, -0.05) is 42.5 Å². The van der Waals surface area contributed by atoms with Gasteiger partial charge in [-0.3, -0.25) is 9.59 Å². The monoisotopic (exact) mass is 419 g/mol. The van der Waals surface area contributed by atoms with Gasteiger partial charge >= 0.3 is 0 Å². The molecule has 2 aromatic carbocycles. The van der Waals surface area contributed by atoms with E-state index in [9.17, 15) is 9.59 Å². The van der Waals surface area contributed by atoms with Crippen LogP contribution in [0.15, 0.2) is 65.9 Å². The summed E-state index contributed by atoms with van der Waals surface area (Å²) in [7, 11) is 3.44. The van der Waals surface area contributed by atoms with Gasteiger partial charge in [-0.25, -0.2) is 0 Å². The average Bonchev–Trinajstić information content (AvgIpc) is 2.93. The predicted octanol–water partition coefficient (Wildman–Crippen LogP) is 2.92. The van der Waals surface area contributed by atoms with E-state index < -0.39 is 11.6 Å².